The number of carbonyl (C=O) groups excluding carboxylic acids is 2. The molecule has 0 bridgehead atoms. The van der Waals surface area contributed by atoms with Crippen LogP contribution >= 0.6 is 0 Å². The summed E-state index contributed by atoms with van der Waals surface area (Å²) in [6.07, 6.45) is 0.956. The normalized spacial score (nSPS) is 21.4. The number of nitrogens with zero attached hydrogens (tertiary/aromatic N) is 2. The fourth-order valence-electron chi connectivity index (χ4n) is 2.65. The van der Waals surface area contributed by atoms with Crippen LogP contribution < -0.4 is 0 Å². The number of amides is 1. The van der Waals surface area contributed by atoms with E-state index in [1.807, 2.05) is 41.7 Å². The van der Waals surface area contributed by atoms with Crippen molar-refractivity contribution in [3.05, 3.63) is 0 Å². The minimum atomic E-state index is -0.722. The van der Waals surface area contributed by atoms with E-state index in [9.17, 15) is 9.59 Å². The standard InChI is InChI=1S/C16H30N2O3/c1-11(2)13(15(20)21-16(3,4)5)14(19)18(7)12-8-9-17(6)10-12/h11-13H,8-10H2,1-7H3/t12-,13-/m0/s1. The van der Waals surface area contributed by atoms with Gasteiger partial charge in [0, 0.05) is 19.6 Å². The second kappa shape index (κ2) is 6.77. The van der Waals surface area contributed by atoms with Crippen molar-refractivity contribution >= 4 is 11.9 Å². The predicted molar refractivity (Wildman–Crippen MR) is 82.8 cm³/mol. The molecule has 21 heavy (non-hydrogen) atoms. The molecule has 1 rings (SSSR count). The van der Waals surface area contributed by atoms with Gasteiger partial charge in [-0.05, 0) is 46.7 Å². The number of rotatable bonds is 4. The van der Waals surface area contributed by atoms with E-state index >= 15 is 0 Å². The zero-order chi connectivity index (χ0) is 16.4. The molecule has 0 N–H and O–H groups in total. The topological polar surface area (TPSA) is 49.9 Å². The Balaban J connectivity index is 2.80. The molecule has 1 fully saturated rings. The lowest BCUT2D eigenvalue weighted by Crippen LogP contribution is -2.47. The Bertz CT molecular complexity index is 387. The maximum Gasteiger partial charge on any atom is 0.319 e. The van der Waals surface area contributed by atoms with Crippen molar-refractivity contribution in [2.75, 3.05) is 27.2 Å². The maximum atomic E-state index is 12.7. The molecule has 0 unspecified atom stereocenters. The van der Waals surface area contributed by atoms with Crippen LogP contribution in [0.3, 0.4) is 0 Å². The molecule has 1 heterocycles. The summed E-state index contributed by atoms with van der Waals surface area (Å²) in [7, 11) is 3.85. The van der Waals surface area contributed by atoms with Crippen LogP contribution in [0.25, 0.3) is 0 Å². The smallest absolute Gasteiger partial charge is 0.319 e. The number of likely N-dealkylation sites (tertiary alicyclic amines) is 1. The number of carbonyl (C=O) groups is 2. The van der Waals surface area contributed by atoms with E-state index in [0.29, 0.717) is 0 Å². The van der Waals surface area contributed by atoms with Gasteiger partial charge < -0.3 is 14.5 Å². The highest BCUT2D eigenvalue weighted by Gasteiger charge is 2.38. The van der Waals surface area contributed by atoms with Gasteiger partial charge >= 0.3 is 5.97 Å². The molecular weight excluding hydrogens is 268 g/mol. The van der Waals surface area contributed by atoms with Gasteiger partial charge in [0.25, 0.3) is 0 Å². The fourth-order valence-corrected chi connectivity index (χ4v) is 2.65. The number of hydrogen-bond donors (Lipinski definition) is 0. The van der Waals surface area contributed by atoms with Gasteiger partial charge in [-0.3, -0.25) is 9.59 Å². The van der Waals surface area contributed by atoms with Gasteiger partial charge in [0.2, 0.25) is 5.91 Å². The molecule has 5 heteroatoms. The quantitative estimate of drug-likeness (QED) is 0.586. The molecule has 2 atom stereocenters. The first-order valence-corrected chi connectivity index (χ1v) is 7.71. The fraction of sp³-hybridized carbons (Fsp3) is 0.875. The van der Waals surface area contributed by atoms with Crippen molar-refractivity contribution < 1.29 is 14.3 Å². The molecule has 1 amide bonds. The number of likely N-dealkylation sites (N-methyl/N-ethyl adjacent to an activating group) is 2. The molecular formula is C16H30N2O3. The van der Waals surface area contributed by atoms with Gasteiger partial charge in [-0.25, -0.2) is 0 Å². The average molecular weight is 298 g/mol. The third-order valence-corrected chi connectivity index (χ3v) is 3.86. The number of ether oxygens (including phenoxy) is 1. The summed E-state index contributed by atoms with van der Waals surface area (Å²) >= 11 is 0. The Kier molecular flexibility index (Phi) is 5.79. The number of hydrogen-bond acceptors (Lipinski definition) is 4. The van der Waals surface area contributed by atoms with E-state index < -0.39 is 17.5 Å². The summed E-state index contributed by atoms with van der Waals surface area (Å²) < 4.78 is 5.42. The van der Waals surface area contributed by atoms with Crippen LogP contribution in [0.5, 0.6) is 0 Å². The lowest BCUT2D eigenvalue weighted by atomic mass is 9.93. The van der Waals surface area contributed by atoms with Crippen molar-refractivity contribution in [1.82, 2.24) is 9.80 Å². The van der Waals surface area contributed by atoms with Crippen LogP contribution in [-0.4, -0.2) is 60.5 Å². The van der Waals surface area contributed by atoms with Crippen molar-refractivity contribution in [2.45, 2.75) is 52.7 Å². The molecule has 0 radical (unpaired) electrons. The summed E-state index contributed by atoms with van der Waals surface area (Å²) in [5, 5.41) is 0. The minimum absolute atomic E-state index is 0.0751. The molecule has 1 saturated heterocycles. The van der Waals surface area contributed by atoms with E-state index in [1.165, 1.54) is 0 Å². The van der Waals surface area contributed by atoms with Crippen LogP contribution in [0.1, 0.15) is 41.0 Å². The first-order valence-electron chi connectivity index (χ1n) is 7.71. The van der Waals surface area contributed by atoms with E-state index in [2.05, 4.69) is 4.90 Å². The molecule has 5 nitrogen and oxygen atoms in total. The van der Waals surface area contributed by atoms with Crippen LogP contribution in [-0.2, 0) is 14.3 Å². The summed E-state index contributed by atoms with van der Waals surface area (Å²) in [5.74, 6) is -1.34. The summed E-state index contributed by atoms with van der Waals surface area (Å²) in [5.41, 5.74) is -0.573. The maximum absolute atomic E-state index is 12.7. The Morgan fingerprint density at radius 3 is 2.24 bits per heavy atom. The molecule has 1 aliphatic heterocycles. The van der Waals surface area contributed by atoms with Crippen molar-refractivity contribution in [3.8, 4) is 0 Å². The van der Waals surface area contributed by atoms with Gasteiger partial charge in [0.05, 0.1) is 0 Å². The van der Waals surface area contributed by atoms with Gasteiger partial charge in [0.1, 0.15) is 11.5 Å². The monoisotopic (exact) mass is 298 g/mol. The Morgan fingerprint density at radius 2 is 1.86 bits per heavy atom. The molecule has 122 valence electrons. The van der Waals surface area contributed by atoms with E-state index in [1.54, 1.807) is 11.9 Å². The lowest BCUT2D eigenvalue weighted by Gasteiger charge is -2.31. The second-order valence-corrected chi connectivity index (χ2v) is 7.41. The molecule has 0 aliphatic carbocycles. The Hall–Kier alpha value is -1.10. The van der Waals surface area contributed by atoms with E-state index in [0.717, 1.165) is 19.5 Å². The zero-order valence-electron chi connectivity index (χ0n) is 14.5. The second-order valence-electron chi connectivity index (χ2n) is 7.41. The molecule has 1 aliphatic rings. The van der Waals surface area contributed by atoms with E-state index in [4.69, 9.17) is 4.74 Å². The predicted octanol–water partition coefficient (Wildman–Crippen LogP) is 1.76. The van der Waals surface area contributed by atoms with Crippen molar-refractivity contribution in [3.63, 3.8) is 0 Å². The molecule has 0 spiro atoms. The zero-order valence-corrected chi connectivity index (χ0v) is 14.5. The first-order chi connectivity index (χ1) is 9.53. The minimum Gasteiger partial charge on any atom is -0.459 e. The van der Waals surface area contributed by atoms with Crippen LogP contribution in [0.2, 0.25) is 0 Å². The Labute approximate surface area is 128 Å². The van der Waals surface area contributed by atoms with Crippen LogP contribution in [0, 0.1) is 11.8 Å². The molecule has 0 aromatic heterocycles. The highest BCUT2D eigenvalue weighted by Crippen LogP contribution is 2.22. The summed E-state index contributed by atoms with van der Waals surface area (Å²) in [6, 6.07) is 0.186. The van der Waals surface area contributed by atoms with Crippen molar-refractivity contribution in [2.24, 2.45) is 11.8 Å². The highest BCUT2D eigenvalue weighted by molar-refractivity contribution is 5.98. The third kappa shape index (κ3) is 4.99. The SMILES string of the molecule is CC(C)[C@H](C(=O)OC(C)(C)C)C(=O)N(C)[C@H]1CCN(C)C1. The summed E-state index contributed by atoms with van der Waals surface area (Å²) in [4.78, 5) is 29.0. The summed E-state index contributed by atoms with van der Waals surface area (Å²) in [6.45, 7) is 11.1. The van der Waals surface area contributed by atoms with Gasteiger partial charge in [-0.1, -0.05) is 13.8 Å². The number of esters is 1. The van der Waals surface area contributed by atoms with Gasteiger partial charge in [-0.2, -0.15) is 0 Å². The van der Waals surface area contributed by atoms with Gasteiger partial charge in [0.15, 0.2) is 0 Å². The van der Waals surface area contributed by atoms with Crippen LogP contribution in [0.15, 0.2) is 0 Å². The highest BCUT2D eigenvalue weighted by atomic mass is 16.6. The Morgan fingerprint density at radius 1 is 1.29 bits per heavy atom. The molecule has 0 saturated carbocycles. The van der Waals surface area contributed by atoms with Gasteiger partial charge in [-0.15, -0.1) is 0 Å². The third-order valence-electron chi connectivity index (χ3n) is 3.86. The lowest BCUT2D eigenvalue weighted by molar-refractivity contribution is -0.167. The van der Waals surface area contributed by atoms with E-state index in [-0.39, 0.29) is 17.9 Å². The largest absolute Gasteiger partial charge is 0.459 e. The van der Waals surface area contributed by atoms with Crippen molar-refractivity contribution in [1.29, 1.82) is 0 Å². The average Bonchev–Trinajstić information content (AvgIpc) is 2.71. The molecule has 0 aromatic carbocycles. The molecule has 0 aromatic rings. The first kappa shape index (κ1) is 18.0. The van der Waals surface area contributed by atoms with Crippen LogP contribution in [0.4, 0.5) is 0 Å².